The first-order valence-electron chi connectivity index (χ1n) is 4.19. The predicted molar refractivity (Wildman–Crippen MR) is 50.3 cm³/mol. The molecule has 72 valence electrons. The molecule has 0 spiro atoms. The van der Waals surface area contributed by atoms with Crippen molar-refractivity contribution in [2.75, 3.05) is 7.11 Å². The summed E-state index contributed by atoms with van der Waals surface area (Å²) in [6, 6.07) is 5.24. The van der Waals surface area contributed by atoms with E-state index in [2.05, 4.69) is 5.16 Å². The fourth-order valence-electron chi connectivity index (χ4n) is 1.64. The van der Waals surface area contributed by atoms with Gasteiger partial charge < -0.3 is 9.94 Å². The molecule has 1 N–H and O–H groups in total. The van der Waals surface area contributed by atoms with Gasteiger partial charge in [-0.15, -0.1) is 0 Å². The van der Waals surface area contributed by atoms with E-state index in [1.165, 1.54) is 0 Å². The molecule has 0 heterocycles. The van der Waals surface area contributed by atoms with Gasteiger partial charge in [0.1, 0.15) is 11.5 Å². The predicted octanol–water partition coefficient (Wildman–Crippen LogP) is 1.26. The highest BCUT2D eigenvalue weighted by molar-refractivity contribution is 6.49. The van der Waals surface area contributed by atoms with Crippen molar-refractivity contribution in [1.82, 2.24) is 0 Å². The van der Waals surface area contributed by atoms with Gasteiger partial charge in [0.15, 0.2) is 0 Å². The Morgan fingerprint density at radius 1 is 1.50 bits per heavy atom. The smallest absolute Gasteiger partial charge is 0.211 e. The standard InChI is InChI=1S/C10H9NO3/c1-14-9-4-2-3-6-7(9)5-8(11-13)10(6)12/h2-4,13H,5H2,1H3/b11-8+. The molecule has 0 bridgehead atoms. The van der Waals surface area contributed by atoms with Crippen LogP contribution in [-0.2, 0) is 6.42 Å². The van der Waals surface area contributed by atoms with E-state index >= 15 is 0 Å². The lowest BCUT2D eigenvalue weighted by Gasteiger charge is -2.03. The number of rotatable bonds is 1. The highest BCUT2D eigenvalue weighted by Crippen LogP contribution is 2.28. The van der Waals surface area contributed by atoms with Crippen LogP contribution in [0, 0.1) is 0 Å². The number of ether oxygens (including phenoxy) is 1. The van der Waals surface area contributed by atoms with Crippen molar-refractivity contribution >= 4 is 11.5 Å². The summed E-state index contributed by atoms with van der Waals surface area (Å²) in [4.78, 5) is 11.5. The van der Waals surface area contributed by atoms with Crippen LogP contribution in [0.3, 0.4) is 0 Å². The number of nitrogens with zero attached hydrogens (tertiary/aromatic N) is 1. The second kappa shape index (κ2) is 3.14. The molecular weight excluding hydrogens is 182 g/mol. The van der Waals surface area contributed by atoms with E-state index < -0.39 is 0 Å². The number of ketones is 1. The van der Waals surface area contributed by atoms with Crippen molar-refractivity contribution in [2.24, 2.45) is 5.16 Å². The first kappa shape index (κ1) is 8.74. The van der Waals surface area contributed by atoms with Crippen molar-refractivity contribution in [2.45, 2.75) is 6.42 Å². The summed E-state index contributed by atoms with van der Waals surface area (Å²) in [6.07, 6.45) is 0.342. The lowest BCUT2D eigenvalue weighted by molar-refractivity contribution is 0.106. The zero-order chi connectivity index (χ0) is 10.1. The Balaban J connectivity index is 2.58. The quantitative estimate of drug-likeness (QED) is 0.537. The van der Waals surface area contributed by atoms with Crippen LogP contribution in [0.5, 0.6) is 5.75 Å². The Labute approximate surface area is 80.8 Å². The number of fused-ring (bicyclic) bond motifs is 1. The maximum absolute atomic E-state index is 11.5. The Kier molecular flexibility index (Phi) is 1.96. The number of oxime groups is 1. The van der Waals surface area contributed by atoms with Crippen molar-refractivity contribution < 1.29 is 14.7 Å². The number of carbonyl (C=O) groups is 1. The van der Waals surface area contributed by atoms with E-state index in [9.17, 15) is 4.79 Å². The monoisotopic (exact) mass is 191 g/mol. The average Bonchev–Trinajstić information content (AvgIpc) is 2.55. The van der Waals surface area contributed by atoms with Crippen LogP contribution >= 0.6 is 0 Å². The summed E-state index contributed by atoms with van der Waals surface area (Å²) in [5, 5.41) is 11.6. The average molecular weight is 191 g/mol. The number of methoxy groups -OCH3 is 1. The third-order valence-electron chi connectivity index (χ3n) is 2.32. The number of hydrogen-bond donors (Lipinski definition) is 1. The topological polar surface area (TPSA) is 58.9 Å². The minimum Gasteiger partial charge on any atom is -0.496 e. The van der Waals surface area contributed by atoms with Crippen molar-refractivity contribution in [3.8, 4) is 5.75 Å². The molecule has 4 nitrogen and oxygen atoms in total. The van der Waals surface area contributed by atoms with Crippen molar-refractivity contribution in [3.63, 3.8) is 0 Å². The van der Waals surface area contributed by atoms with Crippen molar-refractivity contribution in [1.29, 1.82) is 0 Å². The van der Waals surface area contributed by atoms with Gasteiger partial charge >= 0.3 is 0 Å². The fraction of sp³-hybridized carbons (Fsp3) is 0.200. The summed E-state index contributed by atoms with van der Waals surface area (Å²) in [6.45, 7) is 0. The van der Waals surface area contributed by atoms with E-state index in [-0.39, 0.29) is 11.5 Å². The zero-order valence-electron chi connectivity index (χ0n) is 7.65. The van der Waals surface area contributed by atoms with Crippen LogP contribution in [0.2, 0.25) is 0 Å². The summed E-state index contributed by atoms with van der Waals surface area (Å²) in [7, 11) is 1.55. The molecule has 14 heavy (non-hydrogen) atoms. The molecule has 1 aromatic carbocycles. The Morgan fingerprint density at radius 2 is 2.29 bits per heavy atom. The first-order valence-corrected chi connectivity index (χ1v) is 4.19. The molecule has 1 aliphatic rings. The number of Topliss-reactive ketones (excluding diaryl/α,β-unsaturated/α-hetero) is 1. The lowest BCUT2D eigenvalue weighted by atomic mass is 10.1. The molecule has 0 fully saturated rings. The maximum atomic E-state index is 11.5. The lowest BCUT2D eigenvalue weighted by Crippen LogP contribution is -2.06. The molecular formula is C10H9NO3. The first-order chi connectivity index (χ1) is 6.77. The fourth-order valence-corrected chi connectivity index (χ4v) is 1.64. The molecule has 1 aromatic rings. The molecule has 4 heteroatoms. The second-order valence-corrected chi connectivity index (χ2v) is 3.04. The van der Waals surface area contributed by atoms with Gasteiger partial charge in [0.05, 0.1) is 7.11 Å². The van der Waals surface area contributed by atoms with Gasteiger partial charge in [0.2, 0.25) is 5.78 Å². The SMILES string of the molecule is COc1cccc2c1C/C(=N\O)C2=O. The van der Waals surface area contributed by atoms with Gasteiger partial charge in [-0.3, -0.25) is 4.79 Å². The van der Waals surface area contributed by atoms with E-state index in [0.717, 1.165) is 5.56 Å². The number of hydrogen-bond acceptors (Lipinski definition) is 4. The third-order valence-corrected chi connectivity index (χ3v) is 2.32. The molecule has 0 aliphatic heterocycles. The van der Waals surface area contributed by atoms with Gasteiger partial charge in [-0.05, 0) is 6.07 Å². The number of carbonyl (C=O) groups excluding carboxylic acids is 1. The van der Waals surface area contributed by atoms with Crippen molar-refractivity contribution in [3.05, 3.63) is 29.3 Å². The Hall–Kier alpha value is -1.84. The van der Waals surface area contributed by atoms with Crippen LogP contribution in [0.25, 0.3) is 0 Å². The molecule has 0 aromatic heterocycles. The molecule has 0 amide bonds. The normalized spacial score (nSPS) is 17.2. The van der Waals surface area contributed by atoms with E-state index in [1.54, 1.807) is 25.3 Å². The minimum atomic E-state index is -0.221. The largest absolute Gasteiger partial charge is 0.496 e. The number of benzene rings is 1. The Bertz CT molecular complexity index is 423. The van der Waals surface area contributed by atoms with Crippen LogP contribution in [0.15, 0.2) is 23.4 Å². The molecule has 1 aliphatic carbocycles. The van der Waals surface area contributed by atoms with E-state index in [4.69, 9.17) is 9.94 Å². The summed E-state index contributed by atoms with van der Waals surface area (Å²) in [5.41, 5.74) is 1.54. The minimum absolute atomic E-state index is 0.171. The van der Waals surface area contributed by atoms with Gasteiger partial charge in [0.25, 0.3) is 0 Å². The van der Waals surface area contributed by atoms with Gasteiger partial charge in [-0.2, -0.15) is 0 Å². The van der Waals surface area contributed by atoms with Gasteiger partial charge in [-0.1, -0.05) is 17.3 Å². The van der Waals surface area contributed by atoms with Gasteiger partial charge in [-0.25, -0.2) is 0 Å². The highest BCUT2D eigenvalue weighted by Gasteiger charge is 2.29. The molecule has 0 saturated heterocycles. The summed E-state index contributed by atoms with van der Waals surface area (Å²) in [5.74, 6) is 0.441. The molecule has 0 unspecified atom stereocenters. The second-order valence-electron chi connectivity index (χ2n) is 3.04. The summed E-state index contributed by atoms with van der Waals surface area (Å²) < 4.78 is 5.11. The zero-order valence-corrected chi connectivity index (χ0v) is 7.65. The molecule has 0 radical (unpaired) electrons. The highest BCUT2D eigenvalue weighted by atomic mass is 16.5. The van der Waals surface area contributed by atoms with Crippen LogP contribution in [-0.4, -0.2) is 23.8 Å². The molecule has 0 saturated carbocycles. The van der Waals surface area contributed by atoms with Crippen LogP contribution in [0.1, 0.15) is 15.9 Å². The molecule has 2 rings (SSSR count). The van der Waals surface area contributed by atoms with Crippen LogP contribution < -0.4 is 4.74 Å². The Morgan fingerprint density at radius 3 is 2.93 bits per heavy atom. The molecule has 0 atom stereocenters. The van der Waals surface area contributed by atoms with Crippen LogP contribution in [0.4, 0.5) is 0 Å². The van der Waals surface area contributed by atoms with E-state index in [1.807, 2.05) is 0 Å². The van der Waals surface area contributed by atoms with E-state index in [0.29, 0.717) is 17.7 Å². The van der Waals surface area contributed by atoms with Gasteiger partial charge in [0, 0.05) is 17.5 Å². The maximum Gasteiger partial charge on any atom is 0.211 e. The third kappa shape index (κ3) is 1.08. The summed E-state index contributed by atoms with van der Waals surface area (Å²) >= 11 is 0.